The molecule has 6 heteroatoms. The monoisotopic (exact) mass is 283 g/mol. The number of aliphatic hydroxyl groups is 2. The van der Waals surface area contributed by atoms with Crippen LogP contribution in [0.5, 0.6) is 5.75 Å². The van der Waals surface area contributed by atoms with Crippen LogP contribution in [-0.4, -0.2) is 41.5 Å². The van der Waals surface area contributed by atoms with Crippen LogP contribution in [-0.2, 0) is 0 Å². The van der Waals surface area contributed by atoms with E-state index in [9.17, 15) is 19.4 Å². The van der Waals surface area contributed by atoms with E-state index in [4.69, 9.17) is 4.74 Å². The summed E-state index contributed by atoms with van der Waals surface area (Å²) < 4.78 is 18.3. The lowest BCUT2D eigenvalue weighted by Gasteiger charge is -2.32. The van der Waals surface area contributed by atoms with Gasteiger partial charge < -0.3 is 20.3 Å². The van der Waals surface area contributed by atoms with E-state index in [1.165, 1.54) is 19.2 Å². The zero-order chi connectivity index (χ0) is 14.7. The molecular formula is C14H18FNO4. The summed E-state index contributed by atoms with van der Waals surface area (Å²) in [6.07, 6.45) is 0.00503. The molecule has 0 saturated heterocycles. The van der Waals surface area contributed by atoms with Crippen molar-refractivity contribution in [2.24, 2.45) is 0 Å². The van der Waals surface area contributed by atoms with Gasteiger partial charge in [0.1, 0.15) is 0 Å². The van der Waals surface area contributed by atoms with Gasteiger partial charge in [-0.3, -0.25) is 4.79 Å². The Balaban J connectivity index is 2.06. The van der Waals surface area contributed by atoms with Gasteiger partial charge >= 0.3 is 0 Å². The van der Waals surface area contributed by atoms with Gasteiger partial charge in [0.25, 0.3) is 5.91 Å². The van der Waals surface area contributed by atoms with Gasteiger partial charge in [0.15, 0.2) is 11.6 Å². The maximum atomic E-state index is 13.5. The molecule has 0 spiro atoms. The van der Waals surface area contributed by atoms with E-state index in [0.29, 0.717) is 12.8 Å². The second-order valence-corrected chi connectivity index (χ2v) is 4.92. The minimum atomic E-state index is -0.990. The summed E-state index contributed by atoms with van der Waals surface area (Å²) >= 11 is 0. The van der Waals surface area contributed by atoms with Crippen molar-refractivity contribution in [3.05, 3.63) is 29.6 Å². The molecule has 0 aromatic heterocycles. The molecule has 110 valence electrons. The number of carbonyl (C=O) groups is 1. The van der Waals surface area contributed by atoms with E-state index in [0.717, 1.165) is 12.5 Å². The maximum absolute atomic E-state index is 13.5. The molecule has 1 aromatic carbocycles. The third kappa shape index (κ3) is 3.08. The van der Waals surface area contributed by atoms with Crippen LogP contribution >= 0.6 is 0 Å². The standard InChI is InChI=1S/C14H18FNO4/c1-20-12-6-5-8(7-9(12)15)14(19)16-10-3-2-4-11(17)13(10)18/h5-7,10-11,13,17-18H,2-4H2,1H3,(H,16,19)/t10-,11-,13-/m1/s1. The van der Waals surface area contributed by atoms with Gasteiger partial charge in [0.2, 0.25) is 0 Å². The summed E-state index contributed by atoms with van der Waals surface area (Å²) in [4.78, 5) is 12.0. The topological polar surface area (TPSA) is 78.8 Å². The van der Waals surface area contributed by atoms with Crippen LogP contribution in [0.15, 0.2) is 18.2 Å². The lowest BCUT2D eigenvalue weighted by atomic mass is 9.90. The Bertz CT molecular complexity index is 494. The molecule has 5 nitrogen and oxygen atoms in total. The lowest BCUT2D eigenvalue weighted by molar-refractivity contribution is -0.0278. The first-order chi connectivity index (χ1) is 9.52. The Kier molecular flexibility index (Phi) is 4.57. The molecule has 0 radical (unpaired) electrons. The van der Waals surface area contributed by atoms with E-state index in [2.05, 4.69) is 5.32 Å². The fraction of sp³-hybridized carbons (Fsp3) is 0.500. The molecule has 3 N–H and O–H groups in total. The molecule has 1 aromatic rings. The number of amides is 1. The minimum absolute atomic E-state index is 0.0645. The van der Waals surface area contributed by atoms with Gasteiger partial charge in [-0.05, 0) is 37.5 Å². The summed E-state index contributed by atoms with van der Waals surface area (Å²) in [5.41, 5.74) is 0.149. The largest absolute Gasteiger partial charge is 0.494 e. The number of carbonyl (C=O) groups excluding carboxylic acids is 1. The molecule has 0 unspecified atom stereocenters. The second kappa shape index (κ2) is 6.19. The van der Waals surface area contributed by atoms with Gasteiger partial charge in [0.05, 0.1) is 25.4 Å². The highest BCUT2D eigenvalue weighted by atomic mass is 19.1. The van der Waals surface area contributed by atoms with Crippen molar-refractivity contribution >= 4 is 5.91 Å². The third-order valence-corrected chi connectivity index (χ3v) is 3.55. The maximum Gasteiger partial charge on any atom is 0.251 e. The molecule has 2 rings (SSSR count). The number of nitrogens with one attached hydrogen (secondary N) is 1. The summed E-state index contributed by atoms with van der Waals surface area (Å²) in [6.45, 7) is 0. The van der Waals surface area contributed by atoms with Crippen LogP contribution in [0, 0.1) is 5.82 Å². The van der Waals surface area contributed by atoms with Crippen molar-refractivity contribution in [1.82, 2.24) is 5.32 Å². The summed E-state index contributed by atoms with van der Waals surface area (Å²) in [6, 6.07) is 3.38. The highest BCUT2D eigenvalue weighted by molar-refractivity contribution is 5.94. The van der Waals surface area contributed by atoms with Crippen molar-refractivity contribution < 1.29 is 24.1 Å². The van der Waals surface area contributed by atoms with Crippen LogP contribution in [0.4, 0.5) is 4.39 Å². The highest BCUT2D eigenvalue weighted by Crippen LogP contribution is 2.21. The Morgan fingerprint density at radius 2 is 2.15 bits per heavy atom. The second-order valence-electron chi connectivity index (χ2n) is 4.92. The van der Waals surface area contributed by atoms with Gasteiger partial charge in [-0.15, -0.1) is 0 Å². The van der Waals surface area contributed by atoms with Gasteiger partial charge in [0, 0.05) is 5.56 Å². The molecule has 1 aliphatic rings. The van der Waals surface area contributed by atoms with Crippen LogP contribution in [0.25, 0.3) is 0 Å². The van der Waals surface area contributed by atoms with E-state index < -0.39 is 30.0 Å². The molecule has 0 aliphatic heterocycles. The van der Waals surface area contributed by atoms with Gasteiger partial charge in [-0.2, -0.15) is 0 Å². The number of methoxy groups -OCH3 is 1. The first-order valence-corrected chi connectivity index (χ1v) is 6.53. The third-order valence-electron chi connectivity index (χ3n) is 3.55. The van der Waals surface area contributed by atoms with Crippen LogP contribution in [0.2, 0.25) is 0 Å². The number of benzene rings is 1. The Morgan fingerprint density at radius 3 is 2.80 bits per heavy atom. The molecule has 1 saturated carbocycles. The summed E-state index contributed by atoms with van der Waals surface area (Å²) in [5.74, 6) is -1.04. The fourth-order valence-electron chi connectivity index (χ4n) is 2.37. The van der Waals surface area contributed by atoms with Crippen LogP contribution < -0.4 is 10.1 Å². The Morgan fingerprint density at radius 1 is 1.40 bits per heavy atom. The SMILES string of the molecule is COc1ccc(C(=O)N[C@@H]2CCC[C@@H](O)[C@@H]2O)cc1F. The zero-order valence-electron chi connectivity index (χ0n) is 11.2. The number of hydrogen-bond acceptors (Lipinski definition) is 4. The number of rotatable bonds is 3. The van der Waals surface area contributed by atoms with E-state index in [1.54, 1.807) is 0 Å². The molecule has 0 bridgehead atoms. The minimum Gasteiger partial charge on any atom is -0.494 e. The van der Waals surface area contributed by atoms with Crippen molar-refractivity contribution in [2.45, 2.75) is 37.5 Å². The molecule has 1 aliphatic carbocycles. The van der Waals surface area contributed by atoms with Crippen molar-refractivity contribution in [1.29, 1.82) is 0 Å². The first-order valence-electron chi connectivity index (χ1n) is 6.53. The Labute approximate surface area is 116 Å². The number of ether oxygens (including phenoxy) is 1. The summed E-state index contributed by atoms with van der Waals surface area (Å²) in [5, 5.41) is 22.0. The smallest absolute Gasteiger partial charge is 0.251 e. The molecule has 3 atom stereocenters. The van der Waals surface area contributed by atoms with E-state index in [1.807, 2.05) is 0 Å². The van der Waals surface area contributed by atoms with Gasteiger partial charge in [-0.25, -0.2) is 4.39 Å². The molecule has 1 amide bonds. The van der Waals surface area contributed by atoms with Crippen molar-refractivity contribution in [3.63, 3.8) is 0 Å². The lowest BCUT2D eigenvalue weighted by Crippen LogP contribution is -2.51. The molecular weight excluding hydrogens is 265 g/mol. The summed E-state index contributed by atoms with van der Waals surface area (Å²) in [7, 11) is 1.35. The number of hydrogen-bond donors (Lipinski definition) is 3. The number of aliphatic hydroxyl groups excluding tert-OH is 2. The normalized spacial score (nSPS) is 26.1. The molecule has 0 heterocycles. The predicted molar refractivity (Wildman–Crippen MR) is 70.1 cm³/mol. The highest BCUT2D eigenvalue weighted by Gasteiger charge is 2.31. The number of halogens is 1. The first kappa shape index (κ1) is 14.7. The van der Waals surface area contributed by atoms with Crippen molar-refractivity contribution in [2.75, 3.05) is 7.11 Å². The zero-order valence-corrected chi connectivity index (χ0v) is 11.2. The van der Waals surface area contributed by atoms with Crippen LogP contribution in [0.1, 0.15) is 29.6 Å². The fourth-order valence-corrected chi connectivity index (χ4v) is 2.37. The predicted octanol–water partition coefficient (Wildman–Crippen LogP) is 0.838. The average molecular weight is 283 g/mol. The van der Waals surface area contributed by atoms with E-state index in [-0.39, 0.29) is 11.3 Å². The van der Waals surface area contributed by atoms with Gasteiger partial charge in [-0.1, -0.05) is 0 Å². The average Bonchev–Trinajstić information content (AvgIpc) is 2.43. The molecule has 20 heavy (non-hydrogen) atoms. The molecule has 1 fully saturated rings. The Hall–Kier alpha value is -1.66. The van der Waals surface area contributed by atoms with Crippen molar-refractivity contribution in [3.8, 4) is 5.75 Å². The van der Waals surface area contributed by atoms with Crippen LogP contribution in [0.3, 0.4) is 0 Å². The quantitative estimate of drug-likeness (QED) is 0.768. The van der Waals surface area contributed by atoms with E-state index >= 15 is 0 Å².